The molecule has 3 aliphatic rings. The number of carboxylic acids is 1. The zero-order chi connectivity index (χ0) is 17.4. The van der Waals surface area contributed by atoms with Crippen LogP contribution in [0.25, 0.3) is 0 Å². The number of carbonyl (C=O) groups is 2. The zero-order valence-electron chi connectivity index (χ0n) is 14.4. The molecule has 0 aromatic carbocycles. The van der Waals surface area contributed by atoms with Gasteiger partial charge in [0.15, 0.2) is 0 Å². The van der Waals surface area contributed by atoms with Crippen LogP contribution in [0.15, 0.2) is 6.07 Å². The number of hydrogen-bond acceptors (Lipinski definition) is 4. The first-order valence-corrected chi connectivity index (χ1v) is 9.41. The SMILES string of the molecule is O=C(O)C[C@H]1CC[C@@H](CNC(=O)c2cc(C3CC3)[nH]n2)N1CC1CC1. The molecule has 0 unspecified atom stereocenters. The first-order valence-electron chi connectivity index (χ1n) is 9.41. The second kappa shape index (κ2) is 6.78. The second-order valence-corrected chi connectivity index (χ2v) is 7.82. The van der Waals surface area contributed by atoms with Gasteiger partial charge in [0.2, 0.25) is 0 Å². The zero-order valence-corrected chi connectivity index (χ0v) is 14.4. The molecule has 4 rings (SSSR count). The molecule has 2 saturated carbocycles. The summed E-state index contributed by atoms with van der Waals surface area (Å²) in [5.41, 5.74) is 1.51. The molecule has 3 N–H and O–H groups in total. The number of H-pyrrole nitrogens is 1. The van der Waals surface area contributed by atoms with Crippen molar-refractivity contribution >= 4 is 11.9 Å². The van der Waals surface area contributed by atoms with Crippen LogP contribution in [0.3, 0.4) is 0 Å². The van der Waals surface area contributed by atoms with E-state index in [4.69, 9.17) is 5.11 Å². The van der Waals surface area contributed by atoms with Crippen LogP contribution < -0.4 is 5.32 Å². The van der Waals surface area contributed by atoms with Gasteiger partial charge in [-0.1, -0.05) is 0 Å². The Bertz CT molecular complexity index is 651. The van der Waals surface area contributed by atoms with Gasteiger partial charge in [-0.2, -0.15) is 5.10 Å². The highest BCUT2D eigenvalue weighted by Crippen LogP contribution is 2.39. The van der Waals surface area contributed by atoms with Gasteiger partial charge in [-0.3, -0.25) is 19.6 Å². The molecule has 1 aromatic heterocycles. The maximum absolute atomic E-state index is 12.4. The number of amides is 1. The summed E-state index contributed by atoms with van der Waals surface area (Å²) in [5.74, 6) is 0.380. The Labute approximate surface area is 147 Å². The lowest BCUT2D eigenvalue weighted by molar-refractivity contribution is -0.138. The summed E-state index contributed by atoms with van der Waals surface area (Å²) in [7, 11) is 0. The predicted octanol–water partition coefficient (Wildman–Crippen LogP) is 1.73. The lowest BCUT2D eigenvalue weighted by Gasteiger charge is -2.29. The monoisotopic (exact) mass is 346 g/mol. The average Bonchev–Trinajstić information content (AvgIpc) is 3.50. The number of hydrogen-bond donors (Lipinski definition) is 3. The van der Waals surface area contributed by atoms with Crippen molar-refractivity contribution in [2.75, 3.05) is 13.1 Å². The van der Waals surface area contributed by atoms with Crippen LogP contribution in [-0.4, -0.2) is 57.3 Å². The highest BCUT2D eigenvalue weighted by molar-refractivity contribution is 5.92. The Morgan fingerprint density at radius 1 is 1.20 bits per heavy atom. The molecule has 0 bridgehead atoms. The minimum atomic E-state index is -0.736. The van der Waals surface area contributed by atoms with Gasteiger partial charge < -0.3 is 10.4 Å². The molecule has 7 heteroatoms. The van der Waals surface area contributed by atoms with Crippen molar-refractivity contribution in [1.29, 1.82) is 0 Å². The quantitative estimate of drug-likeness (QED) is 0.666. The van der Waals surface area contributed by atoms with Crippen LogP contribution in [-0.2, 0) is 4.79 Å². The van der Waals surface area contributed by atoms with E-state index in [-0.39, 0.29) is 24.4 Å². The van der Waals surface area contributed by atoms with Crippen molar-refractivity contribution < 1.29 is 14.7 Å². The number of nitrogens with one attached hydrogen (secondary N) is 2. The van der Waals surface area contributed by atoms with Crippen molar-refractivity contribution in [2.45, 2.75) is 62.9 Å². The van der Waals surface area contributed by atoms with Crippen molar-refractivity contribution in [3.8, 4) is 0 Å². The van der Waals surface area contributed by atoms with E-state index in [1.807, 2.05) is 6.07 Å². The molecular formula is C18H26N4O3. The predicted molar refractivity (Wildman–Crippen MR) is 91.4 cm³/mol. The lowest BCUT2D eigenvalue weighted by Crippen LogP contribution is -2.44. The molecule has 0 radical (unpaired) electrons. The average molecular weight is 346 g/mol. The summed E-state index contributed by atoms with van der Waals surface area (Å²) in [5, 5.41) is 19.2. The summed E-state index contributed by atoms with van der Waals surface area (Å²) in [6, 6.07) is 2.19. The number of carboxylic acid groups (broad SMARTS) is 1. The third kappa shape index (κ3) is 4.03. The van der Waals surface area contributed by atoms with E-state index in [0.29, 0.717) is 24.1 Å². The normalized spacial score (nSPS) is 26.7. The van der Waals surface area contributed by atoms with Gasteiger partial charge in [0.05, 0.1) is 6.42 Å². The van der Waals surface area contributed by atoms with Gasteiger partial charge >= 0.3 is 5.97 Å². The molecule has 1 saturated heterocycles. The maximum atomic E-state index is 12.4. The maximum Gasteiger partial charge on any atom is 0.304 e. The topological polar surface area (TPSA) is 98.3 Å². The molecule has 2 aliphatic carbocycles. The van der Waals surface area contributed by atoms with Crippen LogP contribution >= 0.6 is 0 Å². The smallest absolute Gasteiger partial charge is 0.304 e. The Hall–Kier alpha value is -1.89. The van der Waals surface area contributed by atoms with E-state index in [2.05, 4.69) is 20.4 Å². The van der Waals surface area contributed by atoms with Gasteiger partial charge in [0.25, 0.3) is 5.91 Å². The molecule has 1 aliphatic heterocycles. The Morgan fingerprint density at radius 2 is 1.96 bits per heavy atom. The van der Waals surface area contributed by atoms with Gasteiger partial charge in [0, 0.05) is 36.8 Å². The molecule has 2 atom stereocenters. The molecule has 2 heterocycles. The van der Waals surface area contributed by atoms with Gasteiger partial charge in [0.1, 0.15) is 5.69 Å². The van der Waals surface area contributed by atoms with E-state index in [1.165, 1.54) is 25.7 Å². The molecule has 3 fully saturated rings. The largest absolute Gasteiger partial charge is 0.481 e. The molecule has 7 nitrogen and oxygen atoms in total. The fourth-order valence-corrected chi connectivity index (χ4v) is 3.91. The Balaban J connectivity index is 1.33. The van der Waals surface area contributed by atoms with Crippen molar-refractivity contribution in [2.24, 2.45) is 5.92 Å². The number of aliphatic carboxylic acids is 1. The van der Waals surface area contributed by atoms with Crippen LogP contribution in [0, 0.1) is 5.92 Å². The van der Waals surface area contributed by atoms with E-state index >= 15 is 0 Å². The van der Waals surface area contributed by atoms with Gasteiger partial charge in [-0.05, 0) is 50.5 Å². The first kappa shape index (κ1) is 16.6. The molecule has 136 valence electrons. The third-order valence-corrected chi connectivity index (χ3v) is 5.69. The minimum Gasteiger partial charge on any atom is -0.481 e. The highest BCUT2D eigenvalue weighted by atomic mass is 16.4. The summed E-state index contributed by atoms with van der Waals surface area (Å²) < 4.78 is 0. The number of aromatic nitrogens is 2. The summed E-state index contributed by atoms with van der Waals surface area (Å²) >= 11 is 0. The van der Waals surface area contributed by atoms with Crippen LogP contribution in [0.5, 0.6) is 0 Å². The number of carbonyl (C=O) groups excluding carboxylic acids is 1. The molecule has 1 amide bonds. The summed E-state index contributed by atoms with van der Waals surface area (Å²) in [4.78, 5) is 25.8. The Kier molecular flexibility index (Phi) is 4.50. The minimum absolute atomic E-state index is 0.104. The van der Waals surface area contributed by atoms with Gasteiger partial charge in [-0.15, -0.1) is 0 Å². The van der Waals surface area contributed by atoms with E-state index in [0.717, 1.165) is 25.1 Å². The number of aromatic amines is 1. The van der Waals surface area contributed by atoms with Crippen LogP contribution in [0.1, 0.15) is 67.0 Å². The van der Waals surface area contributed by atoms with Crippen LogP contribution in [0.2, 0.25) is 0 Å². The van der Waals surface area contributed by atoms with Crippen LogP contribution in [0.4, 0.5) is 0 Å². The number of nitrogens with zero attached hydrogens (tertiary/aromatic N) is 2. The van der Waals surface area contributed by atoms with Crippen molar-refractivity contribution in [1.82, 2.24) is 20.4 Å². The molecular weight excluding hydrogens is 320 g/mol. The Morgan fingerprint density at radius 3 is 2.64 bits per heavy atom. The van der Waals surface area contributed by atoms with Crippen molar-refractivity contribution in [3.05, 3.63) is 17.5 Å². The van der Waals surface area contributed by atoms with Gasteiger partial charge in [-0.25, -0.2) is 0 Å². The number of rotatable bonds is 8. The fraction of sp³-hybridized carbons (Fsp3) is 0.722. The number of likely N-dealkylation sites (tertiary alicyclic amines) is 1. The molecule has 0 spiro atoms. The van der Waals surface area contributed by atoms with E-state index < -0.39 is 5.97 Å². The van der Waals surface area contributed by atoms with Crippen molar-refractivity contribution in [3.63, 3.8) is 0 Å². The van der Waals surface area contributed by atoms with E-state index in [9.17, 15) is 9.59 Å². The van der Waals surface area contributed by atoms with E-state index in [1.54, 1.807) is 0 Å². The fourth-order valence-electron chi connectivity index (χ4n) is 3.91. The standard InChI is InChI=1S/C18H26N4O3/c23-17(24)7-13-5-6-14(22(13)10-11-1-2-11)9-19-18(25)16-8-15(20-21-16)12-3-4-12/h8,11-14H,1-7,9-10H2,(H,19,25)(H,20,21)(H,23,24)/t13-,14+/m1/s1. The summed E-state index contributed by atoms with van der Waals surface area (Å²) in [6.07, 6.45) is 6.87. The summed E-state index contributed by atoms with van der Waals surface area (Å²) in [6.45, 7) is 1.53. The third-order valence-electron chi connectivity index (χ3n) is 5.69. The highest BCUT2D eigenvalue weighted by Gasteiger charge is 2.38. The second-order valence-electron chi connectivity index (χ2n) is 7.82. The molecule has 1 aromatic rings. The first-order chi connectivity index (χ1) is 12.1. The lowest BCUT2D eigenvalue weighted by atomic mass is 10.1. The molecule has 25 heavy (non-hydrogen) atoms.